The Morgan fingerprint density at radius 1 is 1.11 bits per heavy atom. The summed E-state index contributed by atoms with van der Waals surface area (Å²) in [5.41, 5.74) is 0. The minimum atomic E-state index is -0.329. The molecule has 0 bridgehead atoms. The van der Waals surface area contributed by atoms with Crippen LogP contribution in [0.4, 0.5) is 0 Å². The molecule has 0 fully saturated rings. The molecule has 0 aliphatic carbocycles. The predicted octanol–water partition coefficient (Wildman–Crippen LogP) is 2.08. The van der Waals surface area contributed by atoms with E-state index in [0.717, 1.165) is 12.8 Å². The van der Waals surface area contributed by atoms with Crippen LogP contribution in [0.15, 0.2) is 0 Å². The molecule has 0 aromatic carbocycles. The zero-order valence-corrected chi connectivity index (χ0v) is 11.7. The van der Waals surface area contributed by atoms with Crippen molar-refractivity contribution in [2.24, 2.45) is 0 Å². The number of ether oxygens (including phenoxy) is 3. The number of unbranched alkanes of at least 4 members (excludes halogenated alkanes) is 1. The van der Waals surface area contributed by atoms with Crippen LogP contribution in [0.25, 0.3) is 0 Å². The van der Waals surface area contributed by atoms with Crippen molar-refractivity contribution >= 4 is 11.9 Å². The van der Waals surface area contributed by atoms with E-state index in [1.807, 2.05) is 13.8 Å². The quantitative estimate of drug-likeness (QED) is 0.594. The molecule has 0 aliphatic heterocycles. The van der Waals surface area contributed by atoms with Gasteiger partial charge in [-0.3, -0.25) is 9.59 Å². The average molecular weight is 260 g/mol. The van der Waals surface area contributed by atoms with Gasteiger partial charge < -0.3 is 14.2 Å². The third-order valence-corrected chi connectivity index (χ3v) is 2.20. The lowest BCUT2D eigenvalue weighted by molar-refractivity contribution is -0.152. The van der Waals surface area contributed by atoms with E-state index in [2.05, 4.69) is 0 Å². The monoisotopic (exact) mass is 260 g/mol. The Bertz CT molecular complexity index is 252. The molecule has 0 heterocycles. The molecule has 0 aromatic heterocycles. The van der Waals surface area contributed by atoms with Crippen LogP contribution in [0, 0.1) is 0 Å². The lowest BCUT2D eigenvalue weighted by atomic mass is 10.2. The summed E-state index contributed by atoms with van der Waals surface area (Å²) in [6.07, 6.45) is 1.78. The van der Waals surface area contributed by atoms with Crippen molar-refractivity contribution in [2.45, 2.75) is 59.2 Å². The van der Waals surface area contributed by atoms with Crippen LogP contribution in [0.3, 0.4) is 0 Å². The number of carbonyl (C=O) groups excluding carboxylic acids is 2. The van der Waals surface area contributed by atoms with E-state index in [4.69, 9.17) is 14.2 Å². The van der Waals surface area contributed by atoms with Gasteiger partial charge in [0.15, 0.2) is 0 Å². The molecule has 0 rings (SSSR count). The Morgan fingerprint density at radius 3 is 2.33 bits per heavy atom. The Hall–Kier alpha value is -1.10. The first-order valence-corrected chi connectivity index (χ1v) is 6.40. The topological polar surface area (TPSA) is 61.8 Å². The second-order valence-corrected chi connectivity index (χ2v) is 4.35. The van der Waals surface area contributed by atoms with E-state index in [9.17, 15) is 9.59 Å². The van der Waals surface area contributed by atoms with Crippen molar-refractivity contribution in [2.75, 3.05) is 13.2 Å². The van der Waals surface area contributed by atoms with E-state index in [-0.39, 0.29) is 30.8 Å². The maximum absolute atomic E-state index is 11.2. The molecule has 0 aliphatic rings. The molecule has 0 N–H and O–H groups in total. The summed E-state index contributed by atoms with van der Waals surface area (Å²) < 4.78 is 15.4. The minimum Gasteiger partial charge on any atom is -0.463 e. The molecule has 0 aromatic rings. The standard InChI is InChI=1S/C13H24O5/c1-5-6-7-13(15)17-8-10(2)16-9-11(3)18-12(4)14/h10-11H,5-9H2,1-4H3. The first kappa shape index (κ1) is 16.9. The van der Waals surface area contributed by atoms with Crippen molar-refractivity contribution < 1.29 is 23.8 Å². The fraction of sp³-hybridized carbons (Fsp3) is 0.846. The molecule has 0 saturated carbocycles. The van der Waals surface area contributed by atoms with Crippen LogP contribution < -0.4 is 0 Å². The number of hydrogen-bond donors (Lipinski definition) is 0. The molecular weight excluding hydrogens is 236 g/mol. The smallest absolute Gasteiger partial charge is 0.305 e. The molecule has 5 heteroatoms. The van der Waals surface area contributed by atoms with E-state index in [1.165, 1.54) is 6.92 Å². The number of carbonyl (C=O) groups is 2. The highest BCUT2D eigenvalue weighted by molar-refractivity contribution is 5.69. The van der Waals surface area contributed by atoms with Gasteiger partial charge in [0.2, 0.25) is 0 Å². The lowest BCUT2D eigenvalue weighted by Gasteiger charge is -2.17. The van der Waals surface area contributed by atoms with Crippen LogP contribution >= 0.6 is 0 Å². The van der Waals surface area contributed by atoms with Crippen molar-refractivity contribution in [3.8, 4) is 0 Å². The van der Waals surface area contributed by atoms with Crippen LogP contribution in [-0.2, 0) is 23.8 Å². The zero-order valence-electron chi connectivity index (χ0n) is 11.7. The summed E-state index contributed by atoms with van der Waals surface area (Å²) in [5.74, 6) is -0.523. The summed E-state index contributed by atoms with van der Waals surface area (Å²) in [4.78, 5) is 21.9. The summed E-state index contributed by atoms with van der Waals surface area (Å²) in [5, 5.41) is 0. The Labute approximate surface area is 109 Å². The van der Waals surface area contributed by atoms with Gasteiger partial charge in [0, 0.05) is 13.3 Å². The third-order valence-electron chi connectivity index (χ3n) is 2.20. The fourth-order valence-electron chi connectivity index (χ4n) is 1.27. The summed E-state index contributed by atoms with van der Waals surface area (Å²) in [6.45, 7) is 7.47. The molecule has 18 heavy (non-hydrogen) atoms. The van der Waals surface area contributed by atoms with Gasteiger partial charge in [-0.05, 0) is 20.3 Å². The first-order valence-electron chi connectivity index (χ1n) is 6.40. The predicted molar refractivity (Wildman–Crippen MR) is 67.1 cm³/mol. The van der Waals surface area contributed by atoms with Crippen LogP contribution in [0.2, 0.25) is 0 Å². The largest absolute Gasteiger partial charge is 0.463 e. The van der Waals surface area contributed by atoms with E-state index >= 15 is 0 Å². The van der Waals surface area contributed by atoms with Gasteiger partial charge in [0.05, 0.1) is 12.7 Å². The highest BCUT2D eigenvalue weighted by Gasteiger charge is 2.11. The van der Waals surface area contributed by atoms with Gasteiger partial charge in [-0.25, -0.2) is 0 Å². The molecule has 106 valence electrons. The van der Waals surface area contributed by atoms with Gasteiger partial charge in [-0.1, -0.05) is 13.3 Å². The Balaban J connectivity index is 3.61. The molecular formula is C13H24O5. The molecule has 2 unspecified atom stereocenters. The highest BCUT2D eigenvalue weighted by atomic mass is 16.6. The van der Waals surface area contributed by atoms with Gasteiger partial charge in [0.1, 0.15) is 12.7 Å². The fourth-order valence-corrected chi connectivity index (χ4v) is 1.27. The number of rotatable bonds is 9. The van der Waals surface area contributed by atoms with Crippen LogP contribution in [0.1, 0.15) is 47.0 Å². The SMILES string of the molecule is CCCCC(=O)OCC(C)OCC(C)OC(C)=O. The number of esters is 2. The highest BCUT2D eigenvalue weighted by Crippen LogP contribution is 2.01. The van der Waals surface area contributed by atoms with Gasteiger partial charge in [-0.2, -0.15) is 0 Å². The summed E-state index contributed by atoms with van der Waals surface area (Å²) >= 11 is 0. The summed E-state index contributed by atoms with van der Waals surface area (Å²) in [6, 6.07) is 0. The lowest BCUT2D eigenvalue weighted by Crippen LogP contribution is -2.25. The molecule has 0 amide bonds. The molecule has 5 nitrogen and oxygen atoms in total. The van der Waals surface area contributed by atoms with Crippen molar-refractivity contribution in [1.29, 1.82) is 0 Å². The summed E-state index contributed by atoms with van der Waals surface area (Å²) in [7, 11) is 0. The third kappa shape index (κ3) is 10.1. The maximum Gasteiger partial charge on any atom is 0.305 e. The van der Waals surface area contributed by atoms with Gasteiger partial charge >= 0.3 is 11.9 Å². The van der Waals surface area contributed by atoms with Crippen molar-refractivity contribution in [3.05, 3.63) is 0 Å². The van der Waals surface area contributed by atoms with Crippen molar-refractivity contribution in [3.63, 3.8) is 0 Å². The zero-order chi connectivity index (χ0) is 14.0. The molecule has 2 atom stereocenters. The van der Waals surface area contributed by atoms with Gasteiger partial charge in [-0.15, -0.1) is 0 Å². The van der Waals surface area contributed by atoms with Crippen LogP contribution in [0.5, 0.6) is 0 Å². The molecule has 0 spiro atoms. The number of hydrogen-bond acceptors (Lipinski definition) is 5. The van der Waals surface area contributed by atoms with E-state index in [0.29, 0.717) is 13.0 Å². The average Bonchev–Trinajstić information content (AvgIpc) is 2.30. The van der Waals surface area contributed by atoms with Gasteiger partial charge in [0.25, 0.3) is 0 Å². The Kier molecular flexibility index (Phi) is 9.28. The van der Waals surface area contributed by atoms with E-state index in [1.54, 1.807) is 6.92 Å². The Morgan fingerprint density at radius 2 is 1.78 bits per heavy atom. The van der Waals surface area contributed by atoms with E-state index < -0.39 is 0 Å². The second kappa shape index (κ2) is 9.88. The second-order valence-electron chi connectivity index (χ2n) is 4.35. The minimum absolute atomic E-state index is 0.194. The molecule has 0 radical (unpaired) electrons. The first-order chi connectivity index (χ1) is 8.45. The normalized spacial score (nSPS) is 13.8. The van der Waals surface area contributed by atoms with Crippen LogP contribution in [-0.4, -0.2) is 37.4 Å². The maximum atomic E-state index is 11.2. The molecule has 0 saturated heterocycles. The van der Waals surface area contributed by atoms with Crippen molar-refractivity contribution in [1.82, 2.24) is 0 Å².